The van der Waals surface area contributed by atoms with Gasteiger partial charge in [-0.3, -0.25) is 34.3 Å². The van der Waals surface area contributed by atoms with Gasteiger partial charge in [0.25, 0.3) is 5.91 Å². The molecule has 2 fully saturated rings. The molecule has 1 unspecified atom stereocenters. The van der Waals surface area contributed by atoms with E-state index in [1.165, 1.54) is 10.5 Å². The number of nitrogens with zero attached hydrogens (tertiary/aromatic N) is 3. The van der Waals surface area contributed by atoms with E-state index < -0.39 is 17.9 Å². The average molecular weight is 653 g/mol. The van der Waals surface area contributed by atoms with Crippen LogP contribution in [0.15, 0.2) is 42.5 Å². The van der Waals surface area contributed by atoms with Crippen molar-refractivity contribution in [2.45, 2.75) is 45.0 Å². The van der Waals surface area contributed by atoms with Crippen LogP contribution in [0.2, 0.25) is 0 Å². The van der Waals surface area contributed by atoms with Crippen LogP contribution in [0.4, 0.5) is 0 Å². The molecule has 3 aliphatic heterocycles. The lowest BCUT2D eigenvalue weighted by Crippen LogP contribution is -2.52. The third kappa shape index (κ3) is 10.1. The molecule has 5 rings (SSSR count). The van der Waals surface area contributed by atoms with Crippen molar-refractivity contribution in [1.29, 1.82) is 0 Å². The number of hydrogen-bond acceptors (Lipinski definition) is 10. The SMILES string of the molecule is O=C(O)CCOCCOCCOCCN1CCN(Cc2ccc(COc3cccc4c3CN(C3CCC(=O)NC3=O)C4=O)cc2)CC1. The fourth-order valence-electron chi connectivity index (χ4n) is 5.92. The molecule has 0 radical (unpaired) electrons. The number of imide groups is 1. The van der Waals surface area contributed by atoms with Crippen molar-refractivity contribution in [1.82, 2.24) is 20.0 Å². The van der Waals surface area contributed by atoms with Gasteiger partial charge in [0.15, 0.2) is 0 Å². The number of nitrogens with one attached hydrogen (secondary N) is 1. The van der Waals surface area contributed by atoms with Gasteiger partial charge in [-0.1, -0.05) is 30.3 Å². The number of rotatable bonds is 18. The number of carboxylic acid groups (broad SMARTS) is 1. The lowest BCUT2D eigenvalue weighted by atomic mass is 10.0. The summed E-state index contributed by atoms with van der Waals surface area (Å²) in [5.41, 5.74) is 3.57. The first-order valence-corrected chi connectivity index (χ1v) is 16.2. The number of benzene rings is 2. The normalized spacial score (nSPS) is 18.8. The molecule has 2 saturated heterocycles. The zero-order valence-electron chi connectivity index (χ0n) is 26.7. The molecule has 3 heterocycles. The second-order valence-corrected chi connectivity index (χ2v) is 11.9. The number of piperazine rings is 1. The third-order valence-corrected chi connectivity index (χ3v) is 8.58. The topological polar surface area (TPSA) is 147 Å². The highest BCUT2D eigenvalue weighted by Crippen LogP contribution is 2.34. The second kappa shape index (κ2) is 17.3. The summed E-state index contributed by atoms with van der Waals surface area (Å²) < 4.78 is 22.5. The van der Waals surface area contributed by atoms with Crippen molar-refractivity contribution in [2.24, 2.45) is 0 Å². The summed E-state index contributed by atoms with van der Waals surface area (Å²) >= 11 is 0. The molecule has 3 aliphatic rings. The summed E-state index contributed by atoms with van der Waals surface area (Å²) in [6.45, 7) is 9.03. The largest absolute Gasteiger partial charge is 0.489 e. The van der Waals surface area contributed by atoms with Crippen LogP contribution in [0.3, 0.4) is 0 Å². The summed E-state index contributed by atoms with van der Waals surface area (Å²) in [6, 6.07) is 13.2. The molecule has 1 atom stereocenters. The van der Waals surface area contributed by atoms with E-state index in [1.807, 2.05) is 6.07 Å². The maximum atomic E-state index is 13.1. The summed E-state index contributed by atoms with van der Waals surface area (Å²) in [4.78, 5) is 53.8. The van der Waals surface area contributed by atoms with E-state index in [9.17, 15) is 19.2 Å². The van der Waals surface area contributed by atoms with E-state index in [0.29, 0.717) is 57.4 Å². The highest BCUT2D eigenvalue weighted by atomic mass is 16.5. The molecule has 2 aromatic carbocycles. The van der Waals surface area contributed by atoms with E-state index in [4.69, 9.17) is 24.1 Å². The summed E-state index contributed by atoms with van der Waals surface area (Å²) in [5.74, 6) is -1.18. The van der Waals surface area contributed by atoms with Crippen molar-refractivity contribution in [3.8, 4) is 5.75 Å². The fourth-order valence-corrected chi connectivity index (χ4v) is 5.92. The Labute approximate surface area is 274 Å². The van der Waals surface area contributed by atoms with Crippen LogP contribution in [0, 0.1) is 0 Å². The lowest BCUT2D eigenvalue weighted by molar-refractivity contribution is -0.139. The average Bonchev–Trinajstić information content (AvgIpc) is 3.40. The Bertz CT molecular complexity index is 1380. The minimum Gasteiger partial charge on any atom is -0.489 e. The van der Waals surface area contributed by atoms with Crippen LogP contribution in [0.5, 0.6) is 5.75 Å². The van der Waals surface area contributed by atoms with Gasteiger partial charge in [0.1, 0.15) is 18.4 Å². The number of fused-ring (bicyclic) bond motifs is 1. The summed E-state index contributed by atoms with van der Waals surface area (Å²) in [7, 11) is 0. The first kappa shape index (κ1) is 34.5. The van der Waals surface area contributed by atoms with E-state index >= 15 is 0 Å². The molecule has 13 nitrogen and oxygen atoms in total. The van der Waals surface area contributed by atoms with Crippen molar-refractivity contribution in [2.75, 3.05) is 72.4 Å². The van der Waals surface area contributed by atoms with Gasteiger partial charge < -0.3 is 29.0 Å². The number of carbonyl (C=O) groups excluding carboxylic acids is 3. The molecule has 2 aromatic rings. The van der Waals surface area contributed by atoms with Gasteiger partial charge >= 0.3 is 5.97 Å². The Balaban J connectivity index is 0.963. The Morgan fingerprint density at radius 1 is 0.830 bits per heavy atom. The standard InChI is InChI=1S/C34H44N4O9/c39-31-9-8-29(33(42)35-31)38-23-28-27(34(38)43)2-1-3-30(28)47-24-26-6-4-25(5-7-26)22-37-13-11-36(12-14-37)15-17-45-19-21-46-20-18-44-16-10-32(40)41/h1-7,29H,8-24H2,(H,40,41)(H,35,39,42). The number of carboxylic acids is 1. The van der Waals surface area contributed by atoms with Crippen LogP contribution >= 0.6 is 0 Å². The number of aliphatic carboxylic acids is 1. The molecule has 47 heavy (non-hydrogen) atoms. The van der Waals surface area contributed by atoms with Gasteiger partial charge in [0.2, 0.25) is 11.8 Å². The van der Waals surface area contributed by atoms with Gasteiger partial charge in [-0.2, -0.15) is 0 Å². The van der Waals surface area contributed by atoms with Crippen LogP contribution in [-0.2, 0) is 48.3 Å². The first-order chi connectivity index (χ1) is 22.9. The number of carbonyl (C=O) groups is 4. The minimum atomic E-state index is -0.868. The maximum Gasteiger partial charge on any atom is 0.305 e. The van der Waals surface area contributed by atoms with Crippen LogP contribution in [0.1, 0.15) is 46.3 Å². The number of ether oxygens (including phenoxy) is 4. The number of piperidine rings is 1. The maximum absolute atomic E-state index is 13.1. The Kier molecular flexibility index (Phi) is 12.7. The number of amides is 3. The van der Waals surface area contributed by atoms with Crippen molar-refractivity contribution in [3.63, 3.8) is 0 Å². The molecule has 0 spiro atoms. The Morgan fingerprint density at radius 2 is 1.49 bits per heavy atom. The molecule has 2 N–H and O–H groups in total. The van der Waals surface area contributed by atoms with Gasteiger partial charge in [0.05, 0.1) is 52.6 Å². The fraction of sp³-hybridized carbons (Fsp3) is 0.529. The molecular weight excluding hydrogens is 608 g/mol. The highest BCUT2D eigenvalue weighted by Gasteiger charge is 2.40. The molecule has 0 saturated carbocycles. The molecule has 0 bridgehead atoms. The Hall–Kier alpha value is -3.88. The van der Waals surface area contributed by atoms with Gasteiger partial charge in [-0.05, 0) is 29.7 Å². The Morgan fingerprint density at radius 3 is 2.19 bits per heavy atom. The van der Waals surface area contributed by atoms with E-state index in [0.717, 1.165) is 50.4 Å². The zero-order chi connectivity index (χ0) is 33.0. The van der Waals surface area contributed by atoms with E-state index in [1.54, 1.807) is 12.1 Å². The monoisotopic (exact) mass is 652 g/mol. The number of hydrogen-bond donors (Lipinski definition) is 2. The van der Waals surface area contributed by atoms with Gasteiger partial charge in [-0.15, -0.1) is 0 Å². The van der Waals surface area contributed by atoms with Gasteiger partial charge in [0, 0.05) is 56.8 Å². The van der Waals surface area contributed by atoms with E-state index in [2.05, 4.69) is 39.4 Å². The molecule has 3 amide bonds. The highest BCUT2D eigenvalue weighted by molar-refractivity contribution is 6.05. The zero-order valence-corrected chi connectivity index (χ0v) is 26.7. The lowest BCUT2D eigenvalue weighted by Gasteiger charge is -2.34. The van der Waals surface area contributed by atoms with Gasteiger partial charge in [-0.25, -0.2) is 0 Å². The minimum absolute atomic E-state index is 0.00265. The van der Waals surface area contributed by atoms with Crippen LogP contribution in [0.25, 0.3) is 0 Å². The summed E-state index contributed by atoms with van der Waals surface area (Å²) in [5, 5.41) is 10.9. The molecular formula is C34H44N4O9. The summed E-state index contributed by atoms with van der Waals surface area (Å²) in [6.07, 6.45) is 0.550. The predicted molar refractivity (Wildman–Crippen MR) is 170 cm³/mol. The van der Waals surface area contributed by atoms with Crippen molar-refractivity contribution >= 4 is 23.7 Å². The molecule has 0 aliphatic carbocycles. The third-order valence-electron chi connectivity index (χ3n) is 8.58. The van der Waals surface area contributed by atoms with Crippen LogP contribution < -0.4 is 10.1 Å². The quantitative estimate of drug-likeness (QED) is 0.179. The molecule has 13 heteroatoms. The molecule has 0 aromatic heterocycles. The smallest absolute Gasteiger partial charge is 0.305 e. The van der Waals surface area contributed by atoms with Crippen molar-refractivity contribution < 1.29 is 43.2 Å². The van der Waals surface area contributed by atoms with Crippen LogP contribution in [-0.4, -0.2) is 122 Å². The second-order valence-electron chi connectivity index (χ2n) is 11.9. The first-order valence-electron chi connectivity index (χ1n) is 16.2. The van der Waals surface area contributed by atoms with E-state index in [-0.39, 0.29) is 37.8 Å². The predicted octanol–water partition coefficient (Wildman–Crippen LogP) is 1.67. The van der Waals surface area contributed by atoms with Crippen molar-refractivity contribution in [3.05, 3.63) is 64.7 Å². The molecule has 254 valence electrons.